The van der Waals surface area contributed by atoms with E-state index in [0.29, 0.717) is 5.92 Å². The Morgan fingerprint density at radius 2 is 1.71 bits per heavy atom. The molecule has 0 saturated heterocycles. The topological polar surface area (TPSA) is 29.5 Å². The number of carbonyl (C=O) groups excluding carboxylic acids is 1. The van der Waals surface area contributed by atoms with Crippen LogP contribution in [0.25, 0.3) is 0 Å². The van der Waals surface area contributed by atoms with Crippen molar-refractivity contribution in [1.82, 2.24) is 4.90 Å². The maximum Gasteiger partial charge on any atom is 0.323 e. The van der Waals surface area contributed by atoms with Gasteiger partial charge < -0.3 is 4.74 Å². The molecule has 0 amide bonds. The van der Waals surface area contributed by atoms with Crippen molar-refractivity contribution in [2.75, 3.05) is 14.1 Å². The summed E-state index contributed by atoms with van der Waals surface area (Å²) in [5, 5.41) is 0. The van der Waals surface area contributed by atoms with Crippen molar-refractivity contribution in [1.29, 1.82) is 0 Å². The third kappa shape index (κ3) is 5.22. The van der Waals surface area contributed by atoms with Crippen LogP contribution >= 0.6 is 0 Å². The second kappa shape index (κ2) is 6.02. The minimum atomic E-state index is -0.114. The highest BCUT2D eigenvalue weighted by Gasteiger charge is 2.23. The number of nitrogens with zero attached hydrogens (tertiary/aromatic N) is 1. The van der Waals surface area contributed by atoms with Crippen LogP contribution < -0.4 is 0 Å². The molecule has 0 rings (SSSR count). The molecule has 0 saturated carbocycles. The van der Waals surface area contributed by atoms with Crippen molar-refractivity contribution >= 4 is 5.97 Å². The van der Waals surface area contributed by atoms with Crippen molar-refractivity contribution < 1.29 is 9.53 Å². The van der Waals surface area contributed by atoms with Gasteiger partial charge in [-0.3, -0.25) is 9.69 Å². The Kier molecular flexibility index (Phi) is 5.77. The molecule has 0 aliphatic rings. The Balaban J connectivity index is 4.26. The van der Waals surface area contributed by atoms with Gasteiger partial charge in [0.15, 0.2) is 0 Å². The summed E-state index contributed by atoms with van der Waals surface area (Å²) in [6.07, 6.45) is 0.815. The lowest BCUT2D eigenvalue weighted by Gasteiger charge is -2.25. The van der Waals surface area contributed by atoms with Gasteiger partial charge in [0.1, 0.15) is 6.04 Å². The summed E-state index contributed by atoms with van der Waals surface area (Å²) < 4.78 is 5.19. The second-order valence-corrected chi connectivity index (χ2v) is 4.59. The number of ether oxygens (including phenoxy) is 1. The molecule has 0 spiro atoms. The largest absolute Gasteiger partial charge is 0.462 e. The standard InChI is InChI=1S/C11H23NO2/c1-8(2)7-10(12(5)6)11(13)14-9(3)4/h8-10H,7H2,1-6H3/t10-/m0/s1. The van der Waals surface area contributed by atoms with E-state index in [0.717, 1.165) is 6.42 Å². The van der Waals surface area contributed by atoms with E-state index in [1.165, 1.54) is 0 Å². The molecule has 0 aliphatic heterocycles. The molecule has 0 aromatic heterocycles. The molecule has 0 aromatic carbocycles. The SMILES string of the molecule is CC(C)C[C@@H](C(=O)OC(C)C)N(C)C. The summed E-state index contributed by atoms with van der Waals surface area (Å²) in [6, 6.07) is -0.114. The molecule has 0 heterocycles. The Labute approximate surface area is 87.4 Å². The Bertz CT molecular complexity index is 176. The van der Waals surface area contributed by atoms with Crippen molar-refractivity contribution in [3.63, 3.8) is 0 Å². The fourth-order valence-corrected chi connectivity index (χ4v) is 1.28. The number of carbonyl (C=O) groups is 1. The zero-order valence-electron chi connectivity index (χ0n) is 10.2. The fraction of sp³-hybridized carbons (Fsp3) is 0.909. The van der Waals surface area contributed by atoms with E-state index in [-0.39, 0.29) is 18.1 Å². The Morgan fingerprint density at radius 1 is 1.21 bits per heavy atom. The molecule has 1 atom stereocenters. The van der Waals surface area contributed by atoms with E-state index in [9.17, 15) is 4.79 Å². The smallest absolute Gasteiger partial charge is 0.323 e. The van der Waals surface area contributed by atoms with Gasteiger partial charge in [-0.1, -0.05) is 13.8 Å². The van der Waals surface area contributed by atoms with Crippen LogP contribution in [0.4, 0.5) is 0 Å². The fourth-order valence-electron chi connectivity index (χ4n) is 1.28. The second-order valence-electron chi connectivity index (χ2n) is 4.59. The van der Waals surface area contributed by atoms with Crippen LogP contribution in [0.3, 0.4) is 0 Å². The zero-order valence-corrected chi connectivity index (χ0v) is 10.2. The molecule has 3 heteroatoms. The number of rotatable bonds is 5. The highest BCUT2D eigenvalue weighted by molar-refractivity contribution is 5.75. The molecule has 14 heavy (non-hydrogen) atoms. The predicted octanol–water partition coefficient (Wildman–Crippen LogP) is 1.91. The monoisotopic (exact) mass is 201 g/mol. The van der Waals surface area contributed by atoms with Crippen molar-refractivity contribution in [3.8, 4) is 0 Å². The summed E-state index contributed by atoms with van der Waals surface area (Å²) in [6.45, 7) is 7.97. The third-order valence-electron chi connectivity index (χ3n) is 1.94. The summed E-state index contributed by atoms with van der Waals surface area (Å²) in [5.41, 5.74) is 0. The minimum absolute atomic E-state index is 0.0305. The predicted molar refractivity (Wildman–Crippen MR) is 58.2 cm³/mol. The molecule has 0 bridgehead atoms. The highest BCUT2D eigenvalue weighted by atomic mass is 16.5. The first-order chi connectivity index (χ1) is 6.34. The van der Waals surface area contributed by atoms with Crippen molar-refractivity contribution in [3.05, 3.63) is 0 Å². The summed E-state index contributed by atoms with van der Waals surface area (Å²) in [4.78, 5) is 13.6. The van der Waals surface area contributed by atoms with Crippen LogP contribution in [0.2, 0.25) is 0 Å². The van der Waals surface area contributed by atoms with Crippen LogP contribution in [0.1, 0.15) is 34.1 Å². The van der Waals surface area contributed by atoms with E-state index in [2.05, 4.69) is 13.8 Å². The lowest BCUT2D eigenvalue weighted by atomic mass is 10.0. The van der Waals surface area contributed by atoms with Crippen LogP contribution in [0, 0.1) is 5.92 Å². The summed E-state index contributed by atoms with van der Waals surface area (Å²) in [5.74, 6) is 0.390. The number of likely N-dealkylation sites (N-methyl/N-ethyl adjacent to an activating group) is 1. The molecule has 0 aromatic rings. The maximum absolute atomic E-state index is 11.7. The van der Waals surface area contributed by atoms with E-state index in [1.54, 1.807) is 0 Å². The van der Waals surface area contributed by atoms with E-state index < -0.39 is 0 Å². The number of hydrogen-bond acceptors (Lipinski definition) is 3. The molecule has 0 radical (unpaired) electrons. The first-order valence-corrected chi connectivity index (χ1v) is 5.21. The number of esters is 1. The minimum Gasteiger partial charge on any atom is -0.462 e. The van der Waals surface area contributed by atoms with Crippen LogP contribution in [0.5, 0.6) is 0 Å². The van der Waals surface area contributed by atoms with E-state index >= 15 is 0 Å². The van der Waals surface area contributed by atoms with Gasteiger partial charge in [-0.25, -0.2) is 0 Å². The lowest BCUT2D eigenvalue weighted by molar-refractivity contribution is -0.153. The summed E-state index contributed by atoms with van der Waals surface area (Å²) >= 11 is 0. The van der Waals surface area contributed by atoms with Crippen molar-refractivity contribution in [2.24, 2.45) is 5.92 Å². The quantitative estimate of drug-likeness (QED) is 0.636. The van der Waals surface area contributed by atoms with Crippen LogP contribution in [-0.4, -0.2) is 37.1 Å². The van der Waals surface area contributed by atoms with Crippen LogP contribution in [-0.2, 0) is 9.53 Å². The zero-order chi connectivity index (χ0) is 11.3. The molecule has 0 N–H and O–H groups in total. The Hall–Kier alpha value is -0.570. The Morgan fingerprint density at radius 3 is 2.00 bits per heavy atom. The van der Waals surface area contributed by atoms with Gasteiger partial charge in [0.25, 0.3) is 0 Å². The van der Waals surface area contributed by atoms with Gasteiger partial charge in [0, 0.05) is 0 Å². The molecule has 3 nitrogen and oxygen atoms in total. The van der Waals surface area contributed by atoms with Gasteiger partial charge in [-0.05, 0) is 40.3 Å². The van der Waals surface area contributed by atoms with Crippen LogP contribution in [0.15, 0.2) is 0 Å². The molecular formula is C11H23NO2. The molecular weight excluding hydrogens is 178 g/mol. The average Bonchev–Trinajstić information content (AvgIpc) is 1.97. The first kappa shape index (κ1) is 13.4. The maximum atomic E-state index is 11.7. The van der Waals surface area contributed by atoms with Crippen molar-refractivity contribution in [2.45, 2.75) is 46.3 Å². The average molecular weight is 201 g/mol. The van der Waals surface area contributed by atoms with Gasteiger partial charge in [-0.2, -0.15) is 0 Å². The number of hydrogen-bond donors (Lipinski definition) is 0. The third-order valence-corrected chi connectivity index (χ3v) is 1.94. The van der Waals surface area contributed by atoms with Gasteiger partial charge in [0.05, 0.1) is 6.10 Å². The molecule has 0 aliphatic carbocycles. The molecule has 84 valence electrons. The molecule has 0 unspecified atom stereocenters. The van der Waals surface area contributed by atoms with E-state index in [4.69, 9.17) is 4.74 Å². The van der Waals surface area contributed by atoms with Gasteiger partial charge in [0.2, 0.25) is 0 Å². The van der Waals surface area contributed by atoms with Gasteiger partial charge in [-0.15, -0.1) is 0 Å². The van der Waals surface area contributed by atoms with Gasteiger partial charge >= 0.3 is 5.97 Å². The first-order valence-electron chi connectivity index (χ1n) is 5.21. The highest BCUT2D eigenvalue weighted by Crippen LogP contribution is 2.11. The van der Waals surface area contributed by atoms with E-state index in [1.807, 2.05) is 32.8 Å². The molecule has 0 fully saturated rings. The lowest BCUT2D eigenvalue weighted by Crippen LogP contribution is -2.39. The normalized spacial score (nSPS) is 13.8. The summed E-state index contributed by atoms with van der Waals surface area (Å²) in [7, 11) is 3.82.